The third-order valence-corrected chi connectivity index (χ3v) is 4.40. The van der Waals surface area contributed by atoms with Gasteiger partial charge in [0.05, 0.1) is 6.04 Å². The van der Waals surface area contributed by atoms with Gasteiger partial charge in [-0.15, -0.1) is 24.8 Å². The molecule has 2 rings (SSSR count). The maximum absolute atomic E-state index is 12.6. The second-order valence-corrected chi connectivity index (χ2v) is 5.93. The Morgan fingerprint density at radius 2 is 1.69 bits per heavy atom. The fourth-order valence-electron chi connectivity index (χ4n) is 2.97. The van der Waals surface area contributed by atoms with Crippen molar-refractivity contribution < 1.29 is 4.79 Å². The van der Waals surface area contributed by atoms with Crippen LogP contribution in [-0.2, 0) is 0 Å². The van der Waals surface area contributed by atoms with Crippen LogP contribution in [0.4, 0.5) is 5.69 Å². The molecule has 0 bridgehead atoms. The van der Waals surface area contributed by atoms with Crippen LogP contribution in [0.15, 0.2) is 48.5 Å². The number of hydrogen-bond donors (Lipinski definition) is 2. The fourth-order valence-corrected chi connectivity index (χ4v) is 2.97. The van der Waals surface area contributed by atoms with Gasteiger partial charge in [-0.25, -0.2) is 0 Å². The number of nitrogens with two attached hydrogens (primary N) is 1. The Hall–Kier alpha value is -1.75. The molecule has 2 aromatic carbocycles. The molecule has 0 saturated heterocycles. The van der Waals surface area contributed by atoms with Gasteiger partial charge in [0, 0.05) is 17.8 Å². The number of hydrogen-bond acceptors (Lipinski definition) is 3. The summed E-state index contributed by atoms with van der Waals surface area (Å²) in [5, 5.41) is 3.08. The Morgan fingerprint density at radius 1 is 1.08 bits per heavy atom. The summed E-state index contributed by atoms with van der Waals surface area (Å²) in [6, 6.07) is 15.9. The van der Waals surface area contributed by atoms with Crippen molar-refractivity contribution >= 4 is 36.4 Å². The zero-order chi connectivity index (χ0) is 17.5. The molecule has 0 radical (unpaired) electrons. The number of amides is 1. The Kier molecular flexibility index (Phi) is 11.0. The number of carbonyl (C=O) groups excluding carboxylic acids is 1. The van der Waals surface area contributed by atoms with Gasteiger partial charge in [-0.1, -0.05) is 50.2 Å². The molecule has 1 amide bonds. The van der Waals surface area contributed by atoms with E-state index in [1.807, 2.05) is 37.3 Å². The Labute approximate surface area is 169 Å². The Balaban J connectivity index is 0.00000312. The van der Waals surface area contributed by atoms with Crippen molar-refractivity contribution in [2.45, 2.75) is 26.8 Å². The molecule has 26 heavy (non-hydrogen) atoms. The molecule has 1 unspecified atom stereocenters. The first-order valence-electron chi connectivity index (χ1n) is 8.50. The van der Waals surface area contributed by atoms with Crippen LogP contribution < -0.4 is 11.1 Å². The zero-order valence-electron chi connectivity index (χ0n) is 15.6. The van der Waals surface area contributed by atoms with Gasteiger partial charge in [-0.3, -0.25) is 9.69 Å². The molecule has 0 saturated carbocycles. The number of aryl methyl sites for hydroxylation is 1. The van der Waals surface area contributed by atoms with Crippen LogP contribution in [0.5, 0.6) is 0 Å². The highest BCUT2D eigenvalue weighted by Crippen LogP contribution is 2.20. The van der Waals surface area contributed by atoms with Gasteiger partial charge < -0.3 is 11.1 Å². The van der Waals surface area contributed by atoms with Crippen molar-refractivity contribution in [1.29, 1.82) is 0 Å². The molecule has 144 valence electrons. The first kappa shape index (κ1) is 24.2. The predicted molar refractivity (Wildman–Crippen MR) is 115 cm³/mol. The second kappa shape index (κ2) is 11.8. The van der Waals surface area contributed by atoms with Gasteiger partial charge in [0.1, 0.15) is 0 Å². The van der Waals surface area contributed by atoms with Crippen molar-refractivity contribution in [1.82, 2.24) is 10.2 Å². The van der Waals surface area contributed by atoms with Crippen LogP contribution in [0.1, 0.15) is 41.4 Å². The molecular formula is C20H29Cl2N3O. The number of nitrogen functional groups attached to an aromatic ring is 1. The number of carbonyl (C=O) groups is 1. The van der Waals surface area contributed by atoms with Crippen molar-refractivity contribution in [3.05, 3.63) is 65.2 Å². The quantitative estimate of drug-likeness (QED) is 0.686. The first-order valence-corrected chi connectivity index (χ1v) is 8.50. The largest absolute Gasteiger partial charge is 0.399 e. The molecule has 0 spiro atoms. The van der Waals surface area contributed by atoms with Gasteiger partial charge in [-0.2, -0.15) is 0 Å². The van der Waals surface area contributed by atoms with E-state index in [1.54, 1.807) is 6.07 Å². The minimum atomic E-state index is -0.0760. The zero-order valence-corrected chi connectivity index (χ0v) is 17.2. The maximum atomic E-state index is 12.6. The molecule has 2 aromatic rings. The molecule has 6 heteroatoms. The lowest BCUT2D eigenvalue weighted by molar-refractivity contribution is 0.0934. The van der Waals surface area contributed by atoms with Gasteiger partial charge in [-0.05, 0) is 43.3 Å². The van der Waals surface area contributed by atoms with Gasteiger partial charge in [0.25, 0.3) is 5.91 Å². The highest BCUT2D eigenvalue weighted by Gasteiger charge is 2.19. The highest BCUT2D eigenvalue weighted by atomic mass is 35.5. The molecule has 3 N–H and O–H groups in total. The summed E-state index contributed by atoms with van der Waals surface area (Å²) in [6.07, 6.45) is 0. The number of rotatable bonds is 7. The van der Waals surface area contributed by atoms with Crippen LogP contribution in [0, 0.1) is 6.92 Å². The molecule has 0 aliphatic heterocycles. The normalized spacial score (nSPS) is 11.2. The Morgan fingerprint density at radius 3 is 2.27 bits per heavy atom. The van der Waals surface area contributed by atoms with E-state index in [2.05, 4.69) is 36.2 Å². The van der Waals surface area contributed by atoms with Crippen molar-refractivity contribution in [3.8, 4) is 0 Å². The monoisotopic (exact) mass is 397 g/mol. The topological polar surface area (TPSA) is 58.4 Å². The SMILES string of the molecule is CCN(CC)C(CNC(=O)c1cc(N)ccc1C)c1ccccc1.Cl.Cl. The molecule has 4 nitrogen and oxygen atoms in total. The third-order valence-electron chi connectivity index (χ3n) is 4.40. The van der Waals surface area contributed by atoms with Gasteiger partial charge >= 0.3 is 0 Å². The van der Waals surface area contributed by atoms with Crippen molar-refractivity contribution in [3.63, 3.8) is 0 Å². The second-order valence-electron chi connectivity index (χ2n) is 5.93. The molecule has 0 aromatic heterocycles. The minimum absolute atomic E-state index is 0. The van der Waals surface area contributed by atoms with Crippen molar-refractivity contribution in [2.75, 3.05) is 25.4 Å². The molecule has 0 aliphatic rings. The summed E-state index contributed by atoms with van der Waals surface area (Å²) >= 11 is 0. The lowest BCUT2D eigenvalue weighted by Crippen LogP contribution is -2.38. The number of halogens is 2. The predicted octanol–water partition coefficient (Wildman–Crippen LogP) is 4.23. The van der Waals surface area contributed by atoms with Crippen LogP contribution >= 0.6 is 24.8 Å². The molecule has 0 aliphatic carbocycles. The average Bonchev–Trinajstić information content (AvgIpc) is 2.61. The van der Waals surface area contributed by atoms with Crippen LogP contribution in [0.2, 0.25) is 0 Å². The van der Waals surface area contributed by atoms with E-state index in [4.69, 9.17) is 5.73 Å². The molecular weight excluding hydrogens is 369 g/mol. The van der Waals surface area contributed by atoms with E-state index in [9.17, 15) is 4.79 Å². The van der Waals surface area contributed by atoms with Gasteiger partial charge in [0.15, 0.2) is 0 Å². The molecule has 1 atom stereocenters. The highest BCUT2D eigenvalue weighted by molar-refractivity contribution is 5.96. The smallest absolute Gasteiger partial charge is 0.251 e. The standard InChI is InChI=1S/C20H27N3O.2ClH/c1-4-23(5-2)19(16-9-7-6-8-10-16)14-22-20(24)18-13-17(21)12-11-15(18)3;;/h6-13,19H,4-5,14,21H2,1-3H3,(H,22,24);2*1H. The average molecular weight is 398 g/mol. The van der Waals surface area contributed by atoms with E-state index in [0.717, 1.165) is 18.7 Å². The van der Waals surface area contributed by atoms with Crippen LogP contribution in [-0.4, -0.2) is 30.4 Å². The first-order chi connectivity index (χ1) is 11.6. The minimum Gasteiger partial charge on any atom is -0.399 e. The van der Waals surface area contributed by atoms with E-state index in [-0.39, 0.29) is 36.8 Å². The van der Waals surface area contributed by atoms with Gasteiger partial charge in [0.2, 0.25) is 0 Å². The summed E-state index contributed by atoms with van der Waals surface area (Å²) in [7, 11) is 0. The third kappa shape index (κ3) is 6.20. The fraction of sp³-hybridized carbons (Fsp3) is 0.350. The number of nitrogens with one attached hydrogen (secondary N) is 1. The summed E-state index contributed by atoms with van der Waals surface area (Å²) in [5.41, 5.74) is 9.21. The summed E-state index contributed by atoms with van der Waals surface area (Å²) in [4.78, 5) is 14.9. The number of benzene rings is 2. The van der Waals surface area contributed by atoms with E-state index < -0.39 is 0 Å². The summed E-state index contributed by atoms with van der Waals surface area (Å²) < 4.78 is 0. The number of nitrogens with zero attached hydrogens (tertiary/aromatic N) is 1. The molecule has 0 heterocycles. The maximum Gasteiger partial charge on any atom is 0.251 e. The summed E-state index contributed by atoms with van der Waals surface area (Å²) in [5.74, 6) is -0.0760. The van der Waals surface area contributed by atoms with Crippen LogP contribution in [0.3, 0.4) is 0 Å². The van der Waals surface area contributed by atoms with Crippen molar-refractivity contribution in [2.24, 2.45) is 0 Å². The van der Waals surface area contributed by atoms with E-state index in [0.29, 0.717) is 17.8 Å². The molecule has 0 fully saturated rings. The lowest BCUT2D eigenvalue weighted by atomic mass is 10.0. The van der Waals surface area contributed by atoms with Crippen LogP contribution in [0.25, 0.3) is 0 Å². The number of likely N-dealkylation sites (N-methyl/N-ethyl adjacent to an activating group) is 1. The van der Waals surface area contributed by atoms with E-state index in [1.165, 1.54) is 5.56 Å². The lowest BCUT2D eigenvalue weighted by Gasteiger charge is -2.30. The Bertz CT molecular complexity index is 676. The summed E-state index contributed by atoms with van der Waals surface area (Å²) in [6.45, 7) is 8.64. The van der Waals surface area contributed by atoms with E-state index >= 15 is 0 Å². The number of anilines is 1.